The Balaban J connectivity index is 1.90. The van der Waals surface area contributed by atoms with Crippen molar-refractivity contribution in [2.24, 2.45) is 0 Å². The molecule has 0 fully saturated rings. The van der Waals surface area contributed by atoms with E-state index < -0.39 is 23.6 Å². The van der Waals surface area contributed by atoms with Crippen LogP contribution in [-0.2, 0) is 11.3 Å². The lowest BCUT2D eigenvalue weighted by molar-refractivity contribution is 0.0353. The van der Waals surface area contributed by atoms with Crippen LogP contribution in [0.15, 0.2) is 36.4 Å². The second-order valence-corrected chi connectivity index (χ2v) is 10.8. The van der Waals surface area contributed by atoms with Crippen LogP contribution in [0, 0.1) is 12.3 Å². The largest absolute Gasteiger partial charge is 0.497 e. The molecule has 0 radical (unpaired) electrons. The fourth-order valence-corrected chi connectivity index (χ4v) is 4.52. The lowest BCUT2D eigenvalue weighted by Gasteiger charge is -2.28. The number of nitrogens with zero attached hydrogens (tertiary/aromatic N) is 2. The van der Waals surface area contributed by atoms with Crippen LogP contribution in [0.1, 0.15) is 41.6 Å². The fraction of sp³-hybridized carbons (Fsp3) is 0.280. The maximum Gasteiger partial charge on any atom is 0.417 e. The lowest BCUT2D eigenvalue weighted by Crippen LogP contribution is -2.48. The van der Waals surface area contributed by atoms with E-state index in [1.54, 1.807) is 59.1 Å². The first kappa shape index (κ1) is 28.2. The summed E-state index contributed by atoms with van der Waals surface area (Å²) in [5, 5.41) is 11.5. The number of rotatable bonds is 5. The molecule has 0 bridgehead atoms. The zero-order chi connectivity index (χ0) is 27.5. The van der Waals surface area contributed by atoms with Crippen molar-refractivity contribution in [2.45, 2.75) is 39.8 Å². The smallest absolute Gasteiger partial charge is 0.417 e. The molecule has 0 aliphatic carbocycles. The van der Waals surface area contributed by atoms with E-state index in [4.69, 9.17) is 43.8 Å². The van der Waals surface area contributed by atoms with Gasteiger partial charge in [0, 0.05) is 10.4 Å². The predicted octanol–water partition coefficient (Wildman–Crippen LogP) is 6.12. The molecule has 1 heterocycles. The van der Waals surface area contributed by atoms with Gasteiger partial charge in [-0.2, -0.15) is 4.37 Å². The van der Waals surface area contributed by atoms with E-state index >= 15 is 0 Å². The number of ether oxygens (including phenoxy) is 2. The number of methoxy groups -OCH3 is 1. The van der Waals surface area contributed by atoms with Gasteiger partial charge in [0.25, 0.3) is 5.91 Å². The van der Waals surface area contributed by atoms with Gasteiger partial charge in [-0.1, -0.05) is 23.2 Å². The normalized spacial score (nSPS) is 11.1. The molecule has 2 aromatic carbocycles. The third-order valence-corrected chi connectivity index (χ3v) is 6.43. The molecule has 0 aliphatic heterocycles. The van der Waals surface area contributed by atoms with Crippen LogP contribution in [-0.4, -0.2) is 39.9 Å². The number of anilines is 1. The summed E-state index contributed by atoms with van der Waals surface area (Å²) < 4.78 is 15.1. The zero-order valence-electron chi connectivity index (χ0n) is 20.9. The van der Waals surface area contributed by atoms with Crippen molar-refractivity contribution in [1.82, 2.24) is 14.6 Å². The highest BCUT2D eigenvalue weighted by molar-refractivity contribution is 7.06. The summed E-state index contributed by atoms with van der Waals surface area (Å²) in [5.41, 5.74) is 7.12. The Morgan fingerprint density at radius 3 is 2.30 bits per heavy atom. The number of aromatic nitrogens is 1. The molecule has 0 saturated carbocycles. The van der Waals surface area contributed by atoms with Gasteiger partial charge in [-0.25, -0.2) is 9.69 Å². The molecule has 0 saturated heterocycles. The maximum atomic E-state index is 13.3. The van der Waals surface area contributed by atoms with E-state index in [9.17, 15) is 9.59 Å². The molecule has 0 spiro atoms. The van der Waals surface area contributed by atoms with Crippen molar-refractivity contribution in [3.8, 4) is 17.0 Å². The number of aryl methyl sites for hydroxylation is 1. The van der Waals surface area contributed by atoms with Gasteiger partial charge < -0.3 is 15.2 Å². The van der Waals surface area contributed by atoms with Crippen molar-refractivity contribution in [1.29, 1.82) is 5.41 Å². The average molecular weight is 564 g/mol. The standard InChI is InChI=1S/C25H27Cl2N5O4S/c1-13-19(21(31-37-13)15-6-8-16(35-5)9-7-15)22(33)30-23(29)32(24(34)36-25(2,3)4)12-14-10-17(26)20(28)18(27)11-14/h6-11H,12,28H2,1-5H3,(H2,29,30,33). The number of nitrogens with two attached hydrogens (primary N) is 1. The molecule has 37 heavy (non-hydrogen) atoms. The van der Waals surface area contributed by atoms with Crippen LogP contribution < -0.4 is 15.8 Å². The molecule has 0 aliphatic rings. The summed E-state index contributed by atoms with van der Waals surface area (Å²) in [5.74, 6) is -0.419. The van der Waals surface area contributed by atoms with Gasteiger partial charge in [0.05, 0.1) is 40.6 Å². The SMILES string of the molecule is COc1ccc(-c2nsc(C)c2C(=O)NC(=N)N(Cc2cc(Cl)c(N)c(Cl)c2)C(=O)OC(C)(C)C)cc1. The van der Waals surface area contributed by atoms with Crippen molar-refractivity contribution in [3.63, 3.8) is 0 Å². The molecule has 1 aromatic heterocycles. The van der Waals surface area contributed by atoms with Gasteiger partial charge in [-0.3, -0.25) is 15.5 Å². The minimum absolute atomic E-state index is 0.153. The van der Waals surface area contributed by atoms with Gasteiger partial charge in [0.2, 0.25) is 5.96 Å². The minimum atomic E-state index is -0.842. The van der Waals surface area contributed by atoms with Crippen molar-refractivity contribution < 1.29 is 19.1 Å². The van der Waals surface area contributed by atoms with Gasteiger partial charge >= 0.3 is 6.09 Å². The van der Waals surface area contributed by atoms with Crippen LogP contribution >= 0.6 is 34.7 Å². The second-order valence-electron chi connectivity index (χ2n) is 9.03. The summed E-state index contributed by atoms with van der Waals surface area (Å²) in [6.07, 6.45) is -0.836. The first-order chi connectivity index (χ1) is 17.3. The number of benzene rings is 2. The van der Waals surface area contributed by atoms with Crippen LogP contribution in [0.4, 0.5) is 10.5 Å². The van der Waals surface area contributed by atoms with Crippen LogP contribution in [0.25, 0.3) is 11.3 Å². The van der Waals surface area contributed by atoms with E-state index in [1.165, 1.54) is 12.1 Å². The zero-order valence-corrected chi connectivity index (χ0v) is 23.3. The van der Waals surface area contributed by atoms with Crippen molar-refractivity contribution in [3.05, 3.63) is 62.4 Å². The third kappa shape index (κ3) is 6.91. The lowest BCUT2D eigenvalue weighted by atomic mass is 10.1. The van der Waals surface area contributed by atoms with E-state index in [0.717, 1.165) is 16.4 Å². The number of nitrogen functional groups attached to an aromatic ring is 1. The molecule has 9 nitrogen and oxygen atoms in total. The van der Waals surface area contributed by atoms with Crippen LogP contribution in [0.5, 0.6) is 5.75 Å². The molecule has 4 N–H and O–H groups in total. The molecular formula is C25H27Cl2N5O4S. The minimum Gasteiger partial charge on any atom is -0.497 e. The maximum absolute atomic E-state index is 13.3. The van der Waals surface area contributed by atoms with Gasteiger partial charge in [-0.15, -0.1) is 0 Å². The average Bonchev–Trinajstić information content (AvgIpc) is 3.21. The Morgan fingerprint density at radius 2 is 1.76 bits per heavy atom. The summed E-state index contributed by atoms with van der Waals surface area (Å²) >= 11 is 13.5. The van der Waals surface area contributed by atoms with E-state index in [-0.39, 0.29) is 22.3 Å². The quantitative estimate of drug-likeness (QED) is 0.195. The van der Waals surface area contributed by atoms with Crippen molar-refractivity contribution >= 4 is 58.4 Å². The van der Waals surface area contributed by atoms with E-state index in [0.29, 0.717) is 33.0 Å². The molecule has 3 aromatic rings. The molecule has 196 valence electrons. The Labute approximate surface area is 229 Å². The number of hydrogen-bond acceptors (Lipinski definition) is 8. The summed E-state index contributed by atoms with van der Waals surface area (Å²) in [6, 6.07) is 10.2. The highest BCUT2D eigenvalue weighted by atomic mass is 35.5. The number of carbonyl (C=O) groups is 2. The van der Waals surface area contributed by atoms with Crippen molar-refractivity contribution in [2.75, 3.05) is 12.8 Å². The monoisotopic (exact) mass is 563 g/mol. The van der Waals surface area contributed by atoms with Gasteiger partial charge in [0.1, 0.15) is 11.4 Å². The van der Waals surface area contributed by atoms with Crippen LogP contribution in [0.2, 0.25) is 10.0 Å². The topological polar surface area (TPSA) is 131 Å². The molecule has 3 rings (SSSR count). The molecule has 2 amide bonds. The number of guanidine groups is 1. The van der Waals surface area contributed by atoms with Crippen LogP contribution in [0.3, 0.4) is 0 Å². The Morgan fingerprint density at radius 1 is 1.16 bits per heavy atom. The number of amides is 2. The number of carbonyl (C=O) groups excluding carboxylic acids is 2. The fourth-order valence-electron chi connectivity index (χ4n) is 3.29. The number of halogens is 2. The second kappa shape index (κ2) is 11.4. The predicted molar refractivity (Wildman–Crippen MR) is 147 cm³/mol. The van der Waals surface area contributed by atoms with Gasteiger partial charge in [-0.05, 0) is 81.2 Å². The number of nitrogens with one attached hydrogen (secondary N) is 2. The first-order valence-electron chi connectivity index (χ1n) is 11.0. The molecule has 12 heteroatoms. The highest BCUT2D eigenvalue weighted by Gasteiger charge is 2.29. The Kier molecular flexibility index (Phi) is 8.68. The molecular weight excluding hydrogens is 537 g/mol. The van der Waals surface area contributed by atoms with E-state index in [2.05, 4.69) is 9.69 Å². The molecule has 0 unspecified atom stereocenters. The number of hydrogen-bond donors (Lipinski definition) is 3. The molecule has 0 atom stereocenters. The highest BCUT2D eigenvalue weighted by Crippen LogP contribution is 2.31. The Bertz CT molecular complexity index is 1310. The summed E-state index contributed by atoms with van der Waals surface area (Å²) in [6.45, 7) is 6.70. The van der Waals surface area contributed by atoms with E-state index in [1.807, 2.05) is 0 Å². The summed E-state index contributed by atoms with van der Waals surface area (Å²) in [4.78, 5) is 28.0. The first-order valence-corrected chi connectivity index (χ1v) is 12.6. The summed E-state index contributed by atoms with van der Waals surface area (Å²) in [7, 11) is 1.56. The Hall–Kier alpha value is -3.34. The third-order valence-electron chi connectivity index (χ3n) is 5.05. The van der Waals surface area contributed by atoms with Gasteiger partial charge in [0.15, 0.2) is 0 Å².